The van der Waals surface area contributed by atoms with E-state index in [1.165, 1.54) is 0 Å². The molecule has 0 aliphatic heterocycles. The maximum atomic E-state index is 5.33. The number of pyridine rings is 1. The molecule has 0 N–H and O–H groups in total. The highest BCUT2D eigenvalue weighted by Gasteiger charge is 2.01. The first kappa shape index (κ1) is 5.83. The summed E-state index contributed by atoms with van der Waals surface area (Å²) >= 11 is 0. The highest BCUT2D eigenvalue weighted by Crippen LogP contribution is 2.19. The Hall–Kier alpha value is -1.77. The van der Waals surface area contributed by atoms with E-state index in [0.29, 0.717) is 0 Å². The fourth-order valence-electron chi connectivity index (χ4n) is 1.42. The molecule has 0 atom stereocenters. The Labute approximate surface area is 68.2 Å². The molecule has 0 amide bonds. The van der Waals surface area contributed by atoms with Gasteiger partial charge in [0.2, 0.25) is 0 Å². The minimum Gasteiger partial charge on any atom is -0.462 e. The lowest BCUT2D eigenvalue weighted by Gasteiger charge is -1.91. The van der Waals surface area contributed by atoms with Crippen molar-refractivity contribution >= 4 is 16.5 Å². The number of nitrogens with zero attached hydrogens (tertiary/aromatic N) is 2. The largest absolute Gasteiger partial charge is 0.462 e. The molecule has 0 saturated heterocycles. The van der Waals surface area contributed by atoms with Crippen LogP contribution in [0.25, 0.3) is 16.5 Å². The van der Waals surface area contributed by atoms with Crippen molar-refractivity contribution in [2.45, 2.75) is 0 Å². The first-order chi connectivity index (χ1) is 5.95. The molecule has 0 fully saturated rings. The molecular weight excluding hydrogens is 152 g/mol. The molecule has 0 unspecified atom stereocenters. The Bertz CT molecular complexity index is 486. The van der Waals surface area contributed by atoms with Gasteiger partial charge in [0.15, 0.2) is 5.58 Å². The summed E-state index contributed by atoms with van der Waals surface area (Å²) in [5.74, 6) is 0. The second-order valence-electron chi connectivity index (χ2n) is 2.68. The number of rotatable bonds is 0. The fourth-order valence-corrected chi connectivity index (χ4v) is 1.42. The summed E-state index contributed by atoms with van der Waals surface area (Å²) in [4.78, 5) is 0. The normalized spacial score (nSPS) is 11.3. The van der Waals surface area contributed by atoms with E-state index in [0.717, 1.165) is 16.5 Å². The second-order valence-corrected chi connectivity index (χ2v) is 2.68. The third kappa shape index (κ3) is 0.580. The van der Waals surface area contributed by atoms with Crippen LogP contribution in [0.1, 0.15) is 0 Å². The van der Waals surface area contributed by atoms with Crippen LogP contribution in [0.5, 0.6) is 0 Å². The Morgan fingerprint density at radius 1 is 1.25 bits per heavy atom. The second kappa shape index (κ2) is 1.88. The van der Waals surface area contributed by atoms with Gasteiger partial charge in [0, 0.05) is 11.6 Å². The van der Waals surface area contributed by atoms with Crippen LogP contribution in [0.2, 0.25) is 0 Å². The van der Waals surface area contributed by atoms with Crippen molar-refractivity contribution in [2.75, 3.05) is 0 Å². The van der Waals surface area contributed by atoms with Gasteiger partial charge >= 0.3 is 0 Å². The van der Waals surface area contributed by atoms with E-state index < -0.39 is 0 Å². The molecule has 0 aliphatic carbocycles. The van der Waals surface area contributed by atoms with Gasteiger partial charge in [0.05, 0.1) is 12.5 Å². The SMILES string of the molecule is c1cc2c3occc3ccn2n1. The molecule has 3 heterocycles. The van der Waals surface area contributed by atoms with Gasteiger partial charge < -0.3 is 4.42 Å². The van der Waals surface area contributed by atoms with Crippen LogP contribution in [-0.2, 0) is 0 Å². The lowest BCUT2D eigenvalue weighted by atomic mass is 10.3. The maximum Gasteiger partial charge on any atom is 0.159 e. The maximum absolute atomic E-state index is 5.33. The van der Waals surface area contributed by atoms with Crippen LogP contribution in [0.15, 0.2) is 41.3 Å². The van der Waals surface area contributed by atoms with Crippen molar-refractivity contribution in [1.29, 1.82) is 0 Å². The molecule has 12 heavy (non-hydrogen) atoms. The third-order valence-corrected chi connectivity index (χ3v) is 1.99. The summed E-state index contributed by atoms with van der Waals surface area (Å²) in [6.45, 7) is 0. The smallest absolute Gasteiger partial charge is 0.159 e. The summed E-state index contributed by atoms with van der Waals surface area (Å²) in [5.41, 5.74) is 1.91. The minimum atomic E-state index is 0.898. The van der Waals surface area contributed by atoms with Crippen molar-refractivity contribution in [3.05, 3.63) is 36.9 Å². The number of hydrogen-bond donors (Lipinski definition) is 0. The van der Waals surface area contributed by atoms with Gasteiger partial charge in [-0.2, -0.15) is 5.10 Å². The van der Waals surface area contributed by atoms with Crippen LogP contribution in [0, 0.1) is 0 Å². The van der Waals surface area contributed by atoms with Crippen LogP contribution in [-0.4, -0.2) is 9.61 Å². The van der Waals surface area contributed by atoms with Crippen LogP contribution >= 0.6 is 0 Å². The van der Waals surface area contributed by atoms with Gasteiger partial charge in [0.25, 0.3) is 0 Å². The molecule has 0 aromatic carbocycles. The van der Waals surface area contributed by atoms with E-state index in [4.69, 9.17) is 4.42 Å². The van der Waals surface area contributed by atoms with Crippen LogP contribution in [0.3, 0.4) is 0 Å². The molecular formula is C9H6N2O. The van der Waals surface area contributed by atoms with Gasteiger partial charge in [-0.1, -0.05) is 0 Å². The van der Waals surface area contributed by atoms with E-state index in [1.807, 2.05) is 24.4 Å². The average molecular weight is 158 g/mol. The molecule has 3 heteroatoms. The highest BCUT2D eigenvalue weighted by molar-refractivity contribution is 5.90. The molecule has 58 valence electrons. The van der Waals surface area contributed by atoms with E-state index in [-0.39, 0.29) is 0 Å². The Morgan fingerprint density at radius 3 is 3.25 bits per heavy atom. The average Bonchev–Trinajstić information content (AvgIpc) is 2.71. The minimum absolute atomic E-state index is 0.898. The lowest BCUT2D eigenvalue weighted by Crippen LogP contribution is -1.83. The molecule has 0 saturated carbocycles. The monoisotopic (exact) mass is 158 g/mol. The van der Waals surface area contributed by atoms with E-state index in [9.17, 15) is 0 Å². The summed E-state index contributed by atoms with van der Waals surface area (Å²) in [6.07, 6.45) is 5.38. The van der Waals surface area contributed by atoms with E-state index in [1.54, 1.807) is 17.0 Å². The quantitative estimate of drug-likeness (QED) is 0.501. The van der Waals surface area contributed by atoms with Crippen molar-refractivity contribution in [2.24, 2.45) is 0 Å². The predicted molar refractivity (Wildman–Crippen MR) is 45.0 cm³/mol. The zero-order chi connectivity index (χ0) is 7.97. The molecule has 3 aromatic rings. The number of hydrogen-bond acceptors (Lipinski definition) is 2. The predicted octanol–water partition coefficient (Wildman–Crippen LogP) is 2.08. The third-order valence-electron chi connectivity index (χ3n) is 1.99. The Balaban J connectivity index is 2.71. The standard InChI is InChI=1S/C9H6N2O/c1-4-10-11-5-2-7-3-6-12-9(7)8(1)11/h1-6H. The Morgan fingerprint density at radius 2 is 2.25 bits per heavy atom. The van der Waals surface area contributed by atoms with Crippen molar-refractivity contribution in [3.8, 4) is 0 Å². The lowest BCUT2D eigenvalue weighted by molar-refractivity contribution is 0.617. The van der Waals surface area contributed by atoms with Gasteiger partial charge in [-0.05, 0) is 18.2 Å². The molecule has 3 rings (SSSR count). The van der Waals surface area contributed by atoms with Crippen molar-refractivity contribution < 1.29 is 4.42 Å². The van der Waals surface area contributed by atoms with Gasteiger partial charge in [0.1, 0.15) is 5.52 Å². The molecule has 0 spiro atoms. The molecule has 0 radical (unpaired) electrons. The fraction of sp³-hybridized carbons (Fsp3) is 0. The Kier molecular flexibility index (Phi) is 0.913. The van der Waals surface area contributed by atoms with E-state index in [2.05, 4.69) is 5.10 Å². The van der Waals surface area contributed by atoms with Crippen LogP contribution < -0.4 is 0 Å². The van der Waals surface area contributed by atoms with Gasteiger partial charge in [-0.15, -0.1) is 0 Å². The molecule has 0 aliphatic rings. The number of fused-ring (bicyclic) bond motifs is 3. The van der Waals surface area contributed by atoms with Gasteiger partial charge in [-0.3, -0.25) is 0 Å². The van der Waals surface area contributed by atoms with E-state index >= 15 is 0 Å². The topological polar surface area (TPSA) is 30.4 Å². The number of furan rings is 1. The first-order valence-corrected chi connectivity index (χ1v) is 3.75. The summed E-state index contributed by atoms with van der Waals surface area (Å²) in [6, 6.07) is 5.87. The van der Waals surface area contributed by atoms with Crippen LogP contribution in [0.4, 0.5) is 0 Å². The molecule has 0 bridgehead atoms. The van der Waals surface area contributed by atoms with Gasteiger partial charge in [-0.25, -0.2) is 4.52 Å². The molecule has 3 aromatic heterocycles. The van der Waals surface area contributed by atoms with Crippen molar-refractivity contribution in [3.63, 3.8) is 0 Å². The zero-order valence-corrected chi connectivity index (χ0v) is 6.27. The first-order valence-electron chi connectivity index (χ1n) is 3.75. The summed E-state index contributed by atoms with van der Waals surface area (Å²) < 4.78 is 7.13. The summed E-state index contributed by atoms with van der Waals surface area (Å²) in [7, 11) is 0. The zero-order valence-electron chi connectivity index (χ0n) is 6.27. The van der Waals surface area contributed by atoms with Crippen molar-refractivity contribution in [1.82, 2.24) is 9.61 Å². The molecule has 3 nitrogen and oxygen atoms in total. The summed E-state index contributed by atoms with van der Waals surface area (Å²) in [5, 5.41) is 5.22. The number of aromatic nitrogens is 2. The highest BCUT2D eigenvalue weighted by atomic mass is 16.3.